The maximum atomic E-state index is 12.4. The molecular weight excluding hydrogens is 324 g/mol. The van der Waals surface area contributed by atoms with E-state index in [1.54, 1.807) is 30.5 Å². The lowest BCUT2D eigenvalue weighted by molar-refractivity contribution is 0.203. The number of aromatic nitrogens is 2. The lowest BCUT2D eigenvalue weighted by Crippen LogP contribution is -2.38. The molecule has 0 saturated carbocycles. The first-order valence-electron chi connectivity index (χ1n) is 8.54. The highest BCUT2D eigenvalue weighted by atomic mass is 16.2. The Kier molecular flexibility index (Phi) is 5.59. The van der Waals surface area contributed by atoms with Gasteiger partial charge in [0.25, 0.3) is 0 Å². The first-order valence-corrected chi connectivity index (χ1v) is 8.54. The molecule has 0 spiro atoms. The summed E-state index contributed by atoms with van der Waals surface area (Å²) in [7, 11) is 1.79. The van der Waals surface area contributed by atoms with E-state index >= 15 is 0 Å². The second kappa shape index (κ2) is 8.25. The second-order valence-electron chi connectivity index (χ2n) is 6.25. The number of rotatable bonds is 5. The van der Waals surface area contributed by atoms with Gasteiger partial charge in [0.2, 0.25) is 0 Å². The molecule has 132 valence electrons. The maximum absolute atomic E-state index is 12.4. The van der Waals surface area contributed by atoms with Crippen molar-refractivity contribution < 1.29 is 4.79 Å². The largest absolute Gasteiger partial charge is 0.331 e. The minimum Gasteiger partial charge on any atom is -0.331 e. The van der Waals surface area contributed by atoms with Crippen LogP contribution in [-0.4, -0.2) is 27.9 Å². The molecule has 26 heavy (non-hydrogen) atoms. The van der Waals surface area contributed by atoms with Gasteiger partial charge in [0, 0.05) is 38.4 Å². The van der Waals surface area contributed by atoms with Gasteiger partial charge >= 0.3 is 6.03 Å². The number of nitrogens with one attached hydrogen (secondary N) is 1. The number of carbonyl (C=O) groups excluding carboxylic acids is 1. The molecule has 2 aromatic heterocycles. The Morgan fingerprint density at radius 3 is 2.38 bits per heavy atom. The Morgan fingerprint density at radius 2 is 1.73 bits per heavy atom. The minimum atomic E-state index is -0.106. The van der Waals surface area contributed by atoms with Gasteiger partial charge in [-0.1, -0.05) is 30.3 Å². The molecule has 2 amide bonds. The summed E-state index contributed by atoms with van der Waals surface area (Å²) in [5.74, 6) is 0. The molecule has 3 rings (SSSR count). The van der Waals surface area contributed by atoms with Crippen LogP contribution in [-0.2, 0) is 6.54 Å². The maximum Gasteiger partial charge on any atom is 0.317 e. The van der Waals surface area contributed by atoms with Crippen LogP contribution in [0.1, 0.15) is 24.1 Å². The van der Waals surface area contributed by atoms with Crippen LogP contribution >= 0.6 is 0 Å². The number of nitrogens with zero attached hydrogens (tertiary/aromatic N) is 3. The van der Waals surface area contributed by atoms with Gasteiger partial charge in [-0.05, 0) is 47.4 Å². The number of pyridine rings is 2. The fourth-order valence-corrected chi connectivity index (χ4v) is 2.71. The molecule has 0 saturated heterocycles. The van der Waals surface area contributed by atoms with Crippen molar-refractivity contribution in [1.82, 2.24) is 20.2 Å². The van der Waals surface area contributed by atoms with Crippen LogP contribution in [0, 0.1) is 0 Å². The molecule has 0 aliphatic rings. The van der Waals surface area contributed by atoms with E-state index in [1.807, 2.05) is 49.5 Å². The van der Waals surface area contributed by atoms with Gasteiger partial charge in [0.1, 0.15) is 0 Å². The van der Waals surface area contributed by atoms with E-state index in [0.717, 1.165) is 22.3 Å². The van der Waals surface area contributed by atoms with Crippen molar-refractivity contribution in [1.29, 1.82) is 0 Å². The number of hydrogen-bond acceptors (Lipinski definition) is 3. The predicted octanol–water partition coefficient (Wildman–Crippen LogP) is 4.05. The van der Waals surface area contributed by atoms with E-state index in [9.17, 15) is 4.79 Å². The van der Waals surface area contributed by atoms with Crippen molar-refractivity contribution in [3.05, 3.63) is 84.4 Å². The Hall–Kier alpha value is -3.21. The smallest absolute Gasteiger partial charge is 0.317 e. The molecular formula is C21H22N4O. The zero-order chi connectivity index (χ0) is 18.4. The van der Waals surface area contributed by atoms with E-state index in [2.05, 4.69) is 27.4 Å². The molecule has 2 heterocycles. The van der Waals surface area contributed by atoms with Crippen LogP contribution in [0.4, 0.5) is 4.79 Å². The van der Waals surface area contributed by atoms with E-state index < -0.39 is 0 Å². The van der Waals surface area contributed by atoms with Crippen LogP contribution in [0.3, 0.4) is 0 Å². The first-order chi connectivity index (χ1) is 12.6. The molecule has 5 heteroatoms. The molecule has 0 bridgehead atoms. The molecule has 1 aromatic carbocycles. The Bertz CT molecular complexity index is 835. The van der Waals surface area contributed by atoms with Gasteiger partial charge in [0.15, 0.2) is 0 Å². The van der Waals surface area contributed by atoms with Crippen molar-refractivity contribution in [2.24, 2.45) is 0 Å². The van der Waals surface area contributed by atoms with Gasteiger partial charge < -0.3 is 10.2 Å². The van der Waals surface area contributed by atoms with Crippen LogP contribution in [0.15, 0.2) is 73.3 Å². The molecule has 0 fully saturated rings. The number of amides is 2. The predicted molar refractivity (Wildman–Crippen MR) is 102 cm³/mol. The Morgan fingerprint density at radius 1 is 1.00 bits per heavy atom. The van der Waals surface area contributed by atoms with E-state index in [4.69, 9.17) is 0 Å². The van der Waals surface area contributed by atoms with Gasteiger partial charge in [-0.3, -0.25) is 9.97 Å². The van der Waals surface area contributed by atoms with E-state index in [1.165, 1.54) is 0 Å². The monoisotopic (exact) mass is 346 g/mol. The van der Waals surface area contributed by atoms with Crippen LogP contribution in [0.2, 0.25) is 0 Å². The topological polar surface area (TPSA) is 58.1 Å². The van der Waals surface area contributed by atoms with E-state index in [0.29, 0.717) is 6.54 Å². The fourth-order valence-electron chi connectivity index (χ4n) is 2.71. The van der Waals surface area contributed by atoms with Crippen molar-refractivity contribution >= 4 is 6.03 Å². The Labute approximate surface area is 153 Å². The van der Waals surface area contributed by atoms with Crippen molar-refractivity contribution in [3.8, 4) is 11.1 Å². The number of benzene rings is 1. The highest BCUT2D eigenvalue weighted by molar-refractivity contribution is 5.74. The summed E-state index contributed by atoms with van der Waals surface area (Å²) < 4.78 is 0. The van der Waals surface area contributed by atoms with Gasteiger partial charge in [-0.15, -0.1) is 0 Å². The van der Waals surface area contributed by atoms with Crippen molar-refractivity contribution in [2.75, 3.05) is 7.05 Å². The highest BCUT2D eigenvalue weighted by Crippen LogP contribution is 2.21. The van der Waals surface area contributed by atoms with Crippen LogP contribution in [0.5, 0.6) is 0 Å². The molecule has 1 unspecified atom stereocenters. The SMILES string of the molecule is CC(NC(=O)N(C)Cc1ccncc1)c1ccc(-c2cccnc2)cc1. The normalized spacial score (nSPS) is 11.6. The highest BCUT2D eigenvalue weighted by Gasteiger charge is 2.13. The summed E-state index contributed by atoms with van der Waals surface area (Å²) in [5.41, 5.74) is 4.29. The van der Waals surface area contributed by atoms with Gasteiger partial charge in [-0.2, -0.15) is 0 Å². The van der Waals surface area contributed by atoms with Crippen LogP contribution < -0.4 is 5.32 Å². The summed E-state index contributed by atoms with van der Waals surface area (Å²) >= 11 is 0. The number of urea groups is 1. The summed E-state index contributed by atoms with van der Waals surface area (Å²) in [5, 5.41) is 3.03. The third-order valence-electron chi connectivity index (χ3n) is 4.26. The van der Waals surface area contributed by atoms with Gasteiger partial charge in [-0.25, -0.2) is 4.79 Å². The molecule has 0 aliphatic heterocycles. The average Bonchev–Trinajstić information content (AvgIpc) is 2.69. The number of carbonyl (C=O) groups is 1. The molecule has 3 aromatic rings. The summed E-state index contributed by atoms with van der Waals surface area (Å²) in [6.07, 6.45) is 7.06. The zero-order valence-electron chi connectivity index (χ0n) is 15.0. The number of hydrogen-bond donors (Lipinski definition) is 1. The third kappa shape index (κ3) is 4.45. The lowest BCUT2D eigenvalue weighted by atomic mass is 10.0. The Balaban J connectivity index is 1.60. The van der Waals surface area contributed by atoms with Crippen molar-refractivity contribution in [2.45, 2.75) is 19.5 Å². The molecule has 1 N–H and O–H groups in total. The first kappa shape index (κ1) is 17.6. The standard InChI is InChI=1S/C21H22N4O/c1-16(24-21(26)25(2)15-17-9-12-22-13-10-17)18-5-7-19(8-6-18)20-4-3-11-23-14-20/h3-14,16H,15H2,1-2H3,(H,24,26). The molecule has 5 nitrogen and oxygen atoms in total. The van der Waals surface area contributed by atoms with Crippen LogP contribution in [0.25, 0.3) is 11.1 Å². The lowest BCUT2D eigenvalue weighted by Gasteiger charge is -2.22. The average molecular weight is 346 g/mol. The van der Waals surface area contributed by atoms with E-state index in [-0.39, 0.29) is 12.1 Å². The molecule has 0 aliphatic carbocycles. The quantitative estimate of drug-likeness (QED) is 0.758. The molecule has 0 radical (unpaired) electrons. The zero-order valence-corrected chi connectivity index (χ0v) is 15.0. The summed E-state index contributed by atoms with van der Waals surface area (Å²) in [4.78, 5) is 22.2. The molecule has 1 atom stereocenters. The van der Waals surface area contributed by atoms with Crippen molar-refractivity contribution in [3.63, 3.8) is 0 Å². The summed E-state index contributed by atoms with van der Waals surface area (Å²) in [6, 6.07) is 15.8. The van der Waals surface area contributed by atoms with Gasteiger partial charge in [0.05, 0.1) is 6.04 Å². The summed E-state index contributed by atoms with van der Waals surface area (Å²) in [6.45, 7) is 2.53. The third-order valence-corrected chi connectivity index (χ3v) is 4.26. The minimum absolute atomic E-state index is 0.0784. The second-order valence-corrected chi connectivity index (χ2v) is 6.25. The fraction of sp³-hybridized carbons (Fsp3) is 0.190.